The fraction of sp³-hybridized carbons (Fsp3) is 0.388. The Bertz CT molecular complexity index is 2280. The smallest absolute Gasteiger partial charge is 0.226 e. The average Bonchev–Trinajstić information content (AvgIpc) is 3.28. The van der Waals surface area contributed by atoms with E-state index in [2.05, 4.69) is 5.32 Å². The predicted octanol–water partition coefficient (Wildman–Crippen LogP) is 6.38. The number of ketones is 3. The Labute approximate surface area is 374 Å². The first-order valence-electron chi connectivity index (χ1n) is 21.4. The van der Waals surface area contributed by atoms with Gasteiger partial charge in [-0.2, -0.15) is 5.26 Å². The first-order valence-corrected chi connectivity index (χ1v) is 21.8. The van der Waals surface area contributed by atoms with E-state index in [-0.39, 0.29) is 70.0 Å². The number of likely N-dealkylation sites (N-methyl/N-ethyl adjacent to an activating group) is 1. The summed E-state index contributed by atoms with van der Waals surface area (Å²) in [5.41, 5.74) is 22.1. The summed E-state index contributed by atoms with van der Waals surface area (Å²) in [6.07, 6.45) is 1.18. The monoisotopic (exact) mass is 876 g/mol. The van der Waals surface area contributed by atoms with Gasteiger partial charge in [0.15, 0.2) is 17.3 Å². The molecule has 4 aromatic rings. The molecule has 0 saturated heterocycles. The number of nitriles is 1. The van der Waals surface area contributed by atoms with Crippen LogP contribution in [-0.2, 0) is 25.6 Å². The molecule has 0 radical (unpaired) electrons. The molecule has 0 saturated carbocycles. The van der Waals surface area contributed by atoms with E-state index < -0.39 is 41.5 Å². The van der Waals surface area contributed by atoms with Crippen molar-refractivity contribution in [2.45, 2.75) is 70.4 Å². The highest BCUT2D eigenvalue weighted by atomic mass is 35.5. The largest absolute Gasteiger partial charge is 0.492 e. The van der Waals surface area contributed by atoms with Crippen LogP contribution in [0.25, 0.3) is 22.3 Å². The number of amides is 2. The van der Waals surface area contributed by atoms with Crippen LogP contribution < -0.4 is 32.0 Å². The maximum atomic E-state index is 14.8. The summed E-state index contributed by atoms with van der Waals surface area (Å²) >= 11 is 6.08. The number of benzene rings is 4. The summed E-state index contributed by atoms with van der Waals surface area (Å²) in [6.45, 7) is 2.80. The van der Waals surface area contributed by atoms with Crippen LogP contribution >= 0.6 is 11.6 Å². The third kappa shape index (κ3) is 12.8. The number of unbranched alkanes of at least 4 members (excludes halogenated alkanes) is 1. The molecule has 13 nitrogen and oxygen atoms in total. The Morgan fingerprint density at radius 2 is 1.46 bits per heavy atom. The molecule has 0 aliphatic carbocycles. The van der Waals surface area contributed by atoms with Crippen molar-refractivity contribution in [3.63, 3.8) is 0 Å². The number of nitrogens with zero attached hydrogens (tertiary/aromatic N) is 2. The number of rotatable bonds is 19. The quantitative estimate of drug-likeness (QED) is 0.0598. The highest BCUT2D eigenvalue weighted by molar-refractivity contribution is 6.30. The summed E-state index contributed by atoms with van der Waals surface area (Å²) in [4.78, 5) is 72.1. The van der Waals surface area contributed by atoms with Crippen molar-refractivity contribution in [1.82, 2.24) is 10.2 Å². The molecule has 63 heavy (non-hydrogen) atoms. The standard InChI is InChI=1S/C49H57ClN6O7/c1-31-26-44(59)47(56(2)49(61)37(6-3-4-20-51)30-43(58)35-11-9-33(10-12-35)34-13-16-38(50)17-14-34)36-15-19-46(63-25-23-54)40(29-36)39-27-32(8-18-45(39)62-24-22-53)28-41(55-48(31)60)42(57)7-5-21-52/h8-19,27,29,31,37,41,47H,3-7,20,22-26,28,30,51,53-54H2,1-2H3,(H,55,60)/t31-,37-,41+,47+/m1/s1. The minimum atomic E-state index is -1.20. The van der Waals surface area contributed by atoms with Crippen LogP contribution in [0.2, 0.25) is 5.02 Å². The van der Waals surface area contributed by atoms with Crippen molar-refractivity contribution in [2.24, 2.45) is 29.0 Å². The van der Waals surface area contributed by atoms with Crippen LogP contribution in [0.3, 0.4) is 0 Å². The molecule has 0 unspecified atom stereocenters. The molecular formula is C49H57ClN6O7. The SMILES string of the molecule is C[C@@H]1CC(=O)[C@@H](N(C)C(=O)[C@H](CCCCN)CC(=O)c2ccc(-c3ccc(Cl)cc3)cc2)c2ccc(OCCN)c(c2)-c2cc(ccc2OCCN)C[C@@H](C(=O)CCC#N)NC1=O. The average molecular weight is 877 g/mol. The zero-order valence-electron chi connectivity index (χ0n) is 35.9. The van der Waals surface area contributed by atoms with Crippen molar-refractivity contribution in [3.8, 4) is 39.8 Å². The van der Waals surface area contributed by atoms with Gasteiger partial charge in [-0.1, -0.05) is 73.5 Å². The van der Waals surface area contributed by atoms with E-state index in [0.29, 0.717) is 70.1 Å². The molecule has 1 aliphatic heterocycles. The Balaban J connectivity index is 1.58. The molecule has 0 aromatic heterocycles. The van der Waals surface area contributed by atoms with Gasteiger partial charge in [-0.25, -0.2) is 0 Å². The fourth-order valence-corrected chi connectivity index (χ4v) is 7.93. The van der Waals surface area contributed by atoms with Gasteiger partial charge in [-0.15, -0.1) is 0 Å². The zero-order chi connectivity index (χ0) is 45.5. The van der Waals surface area contributed by atoms with Crippen molar-refractivity contribution in [1.29, 1.82) is 5.26 Å². The van der Waals surface area contributed by atoms with E-state index in [1.807, 2.05) is 36.4 Å². The second kappa shape index (κ2) is 23.5. The Kier molecular flexibility index (Phi) is 18.0. The van der Waals surface area contributed by atoms with E-state index in [1.165, 1.54) is 4.90 Å². The van der Waals surface area contributed by atoms with Crippen LogP contribution in [0.15, 0.2) is 84.9 Å². The van der Waals surface area contributed by atoms with E-state index in [9.17, 15) is 29.2 Å². The summed E-state index contributed by atoms with van der Waals surface area (Å²) in [7, 11) is 1.54. The molecule has 4 bridgehead atoms. The summed E-state index contributed by atoms with van der Waals surface area (Å²) in [5.74, 6) is -2.75. The predicted molar refractivity (Wildman–Crippen MR) is 243 cm³/mol. The molecule has 7 N–H and O–H groups in total. The number of nitrogens with one attached hydrogen (secondary N) is 1. The molecule has 14 heteroatoms. The van der Waals surface area contributed by atoms with Gasteiger partial charge in [-0.3, -0.25) is 24.0 Å². The highest BCUT2D eigenvalue weighted by Crippen LogP contribution is 2.41. The van der Waals surface area contributed by atoms with Gasteiger partial charge in [0, 0.05) is 79.4 Å². The van der Waals surface area contributed by atoms with E-state index in [1.54, 1.807) is 68.6 Å². The Morgan fingerprint density at radius 1 is 0.841 bits per heavy atom. The Morgan fingerprint density at radius 3 is 2.08 bits per heavy atom. The van der Waals surface area contributed by atoms with Crippen LogP contribution in [0.4, 0.5) is 0 Å². The number of halogens is 1. The number of ether oxygens (including phenoxy) is 2. The minimum Gasteiger partial charge on any atom is -0.492 e. The van der Waals surface area contributed by atoms with E-state index in [0.717, 1.165) is 11.1 Å². The number of carbonyl (C=O) groups is 5. The number of nitrogens with two attached hydrogens (primary N) is 3. The van der Waals surface area contributed by atoms with Gasteiger partial charge in [0.05, 0.1) is 12.1 Å². The topological polar surface area (TPSA) is 221 Å². The molecule has 5 rings (SSSR count). The van der Waals surface area contributed by atoms with Crippen LogP contribution in [0.5, 0.6) is 11.5 Å². The van der Waals surface area contributed by atoms with Gasteiger partial charge < -0.3 is 36.9 Å². The van der Waals surface area contributed by atoms with Crippen molar-refractivity contribution in [2.75, 3.05) is 39.9 Å². The first kappa shape index (κ1) is 48.1. The second-order valence-corrected chi connectivity index (χ2v) is 16.3. The second-order valence-electron chi connectivity index (χ2n) is 15.9. The van der Waals surface area contributed by atoms with E-state index >= 15 is 0 Å². The van der Waals surface area contributed by atoms with Gasteiger partial charge in [0.2, 0.25) is 11.8 Å². The van der Waals surface area contributed by atoms with Gasteiger partial charge in [0.1, 0.15) is 30.8 Å². The third-order valence-corrected chi connectivity index (χ3v) is 11.5. The van der Waals surface area contributed by atoms with Crippen LogP contribution in [-0.4, -0.2) is 80.0 Å². The third-order valence-electron chi connectivity index (χ3n) is 11.2. The lowest BCUT2D eigenvalue weighted by molar-refractivity contribution is -0.142. The van der Waals surface area contributed by atoms with Crippen LogP contribution in [0, 0.1) is 23.2 Å². The lowest BCUT2D eigenvalue weighted by Gasteiger charge is -2.32. The molecule has 0 spiro atoms. The van der Waals surface area contributed by atoms with Gasteiger partial charge in [-0.05, 0) is 84.5 Å². The molecule has 4 atom stereocenters. The summed E-state index contributed by atoms with van der Waals surface area (Å²) in [5, 5.41) is 12.7. The number of Topliss-reactive ketones (excluding diaryl/α,β-unsaturated/α-hetero) is 3. The fourth-order valence-electron chi connectivity index (χ4n) is 7.81. The summed E-state index contributed by atoms with van der Waals surface area (Å²) in [6, 6.07) is 24.9. The first-order chi connectivity index (χ1) is 30.4. The highest BCUT2D eigenvalue weighted by Gasteiger charge is 2.36. The lowest BCUT2D eigenvalue weighted by atomic mass is 9.87. The van der Waals surface area contributed by atoms with Crippen molar-refractivity contribution < 1.29 is 33.4 Å². The van der Waals surface area contributed by atoms with Gasteiger partial charge in [0.25, 0.3) is 0 Å². The van der Waals surface area contributed by atoms with E-state index in [4.69, 9.17) is 38.3 Å². The molecular weight excluding hydrogens is 820 g/mol. The van der Waals surface area contributed by atoms with Crippen molar-refractivity contribution in [3.05, 3.63) is 107 Å². The number of hydrogen-bond donors (Lipinski definition) is 4. The normalized spacial score (nSPS) is 16.8. The summed E-state index contributed by atoms with van der Waals surface area (Å²) < 4.78 is 12.3. The van der Waals surface area contributed by atoms with Crippen molar-refractivity contribution >= 4 is 40.8 Å². The lowest BCUT2D eigenvalue weighted by Crippen LogP contribution is -2.45. The zero-order valence-corrected chi connectivity index (χ0v) is 36.7. The molecule has 1 aliphatic rings. The molecule has 4 aromatic carbocycles. The number of carbonyl (C=O) groups excluding carboxylic acids is 5. The minimum absolute atomic E-state index is 0.0253. The van der Waals surface area contributed by atoms with Gasteiger partial charge >= 0.3 is 0 Å². The maximum absolute atomic E-state index is 14.8. The molecule has 1 heterocycles. The molecule has 0 fully saturated rings. The Hall–Kier alpha value is -5.91. The number of hydrogen-bond acceptors (Lipinski definition) is 11. The molecule has 2 amide bonds. The molecule has 332 valence electrons. The number of fused-ring (bicyclic) bond motifs is 5. The maximum Gasteiger partial charge on any atom is 0.226 e. The van der Waals surface area contributed by atoms with Crippen LogP contribution in [0.1, 0.15) is 79.4 Å².